The van der Waals surface area contributed by atoms with Gasteiger partial charge in [0.25, 0.3) is 0 Å². The molecule has 0 aliphatic heterocycles. The number of nitrogens with zero attached hydrogens (tertiary/aromatic N) is 4. The Hall–Kier alpha value is -10.8. The van der Waals surface area contributed by atoms with E-state index in [1.807, 2.05) is 48.5 Å². The summed E-state index contributed by atoms with van der Waals surface area (Å²) in [4.78, 5) is 9.64. The first-order valence-electron chi connectivity index (χ1n) is 27.6. The zero-order valence-electron chi connectivity index (χ0n) is 43.5. The predicted molar refractivity (Wildman–Crippen MR) is 328 cm³/mol. The molecule has 12 aromatic carbocycles. The molecule has 4 aromatic heterocycles. The molecule has 0 bridgehead atoms. The molecule has 2 aliphatic carbocycles. The number of fused-ring (bicyclic) bond motifs is 18. The molecule has 376 valence electrons. The molecule has 0 amide bonds. The van der Waals surface area contributed by atoms with E-state index in [4.69, 9.17) is 18.8 Å². The zero-order valence-corrected chi connectivity index (χ0v) is 43.5. The van der Waals surface area contributed by atoms with Crippen molar-refractivity contribution in [2.24, 2.45) is 0 Å². The molecule has 0 saturated heterocycles. The van der Waals surface area contributed by atoms with Crippen LogP contribution in [0.5, 0.6) is 0 Å². The van der Waals surface area contributed by atoms with Crippen LogP contribution < -0.4 is 0 Å². The van der Waals surface area contributed by atoms with Crippen molar-refractivity contribution in [3.05, 3.63) is 289 Å². The normalized spacial score (nSPS) is 13.0. The maximum Gasteiger partial charge on any atom is 0.227 e. The van der Waals surface area contributed by atoms with Gasteiger partial charge in [0.15, 0.2) is 11.2 Å². The van der Waals surface area contributed by atoms with Crippen molar-refractivity contribution >= 4 is 65.8 Å². The lowest BCUT2D eigenvalue weighted by atomic mass is 9.70. The third-order valence-electron chi connectivity index (χ3n) is 17.4. The Morgan fingerprint density at radius 3 is 1.16 bits per heavy atom. The van der Waals surface area contributed by atoms with E-state index in [2.05, 4.69) is 228 Å². The minimum absolute atomic E-state index is 0.596. The Bertz CT molecular complexity index is 4940. The molecule has 0 unspecified atom stereocenters. The fourth-order valence-electron chi connectivity index (χ4n) is 13.9. The van der Waals surface area contributed by atoms with Crippen molar-refractivity contribution in [1.29, 1.82) is 0 Å². The summed E-state index contributed by atoms with van der Waals surface area (Å²) in [5, 5.41) is 4.80. The van der Waals surface area contributed by atoms with Crippen LogP contribution in [0.15, 0.2) is 276 Å². The lowest BCUT2D eigenvalue weighted by Crippen LogP contribution is -2.26. The van der Waals surface area contributed by atoms with Crippen LogP contribution in [0.4, 0.5) is 0 Å². The molecule has 0 radical (unpaired) electrons. The Kier molecular flexibility index (Phi) is 9.06. The quantitative estimate of drug-likeness (QED) is 0.166. The second kappa shape index (κ2) is 16.6. The molecule has 6 heteroatoms. The first-order chi connectivity index (χ1) is 40.1. The highest BCUT2D eigenvalue weighted by Crippen LogP contribution is 2.63. The van der Waals surface area contributed by atoms with E-state index in [-0.39, 0.29) is 0 Å². The lowest BCUT2D eigenvalue weighted by Gasteiger charge is -2.31. The Balaban J connectivity index is 0.795. The summed E-state index contributed by atoms with van der Waals surface area (Å²) in [5.74, 6) is 1.24. The maximum absolute atomic E-state index is 6.22. The van der Waals surface area contributed by atoms with E-state index in [0.29, 0.717) is 11.8 Å². The van der Waals surface area contributed by atoms with Crippen molar-refractivity contribution in [3.8, 4) is 78.8 Å². The number of hydrogen-bond acceptors (Lipinski definition) is 4. The van der Waals surface area contributed by atoms with Crippen LogP contribution in [0.1, 0.15) is 22.3 Å². The largest absolute Gasteiger partial charge is 0.436 e. The molecule has 0 atom stereocenters. The number of oxazole rings is 2. The van der Waals surface area contributed by atoms with Gasteiger partial charge in [-0.2, -0.15) is 0 Å². The number of hydrogen-bond donors (Lipinski definition) is 0. The average Bonchev–Trinajstić information content (AvgIpc) is 3.07. The van der Waals surface area contributed by atoms with E-state index in [1.165, 1.54) is 66.1 Å². The van der Waals surface area contributed by atoms with Gasteiger partial charge in [-0.25, -0.2) is 9.97 Å². The number of rotatable bonds is 6. The van der Waals surface area contributed by atoms with E-state index in [1.54, 1.807) is 0 Å². The van der Waals surface area contributed by atoms with Gasteiger partial charge in [-0.05, 0) is 176 Å². The molecular weight excluding hydrogens is 989 g/mol. The van der Waals surface area contributed by atoms with Gasteiger partial charge in [0.1, 0.15) is 11.0 Å². The van der Waals surface area contributed by atoms with Crippen molar-refractivity contribution in [2.75, 3.05) is 0 Å². The fraction of sp³-hybridized carbons (Fsp3) is 0.0133. The van der Waals surface area contributed by atoms with Gasteiger partial charge in [-0.15, -0.1) is 0 Å². The van der Waals surface area contributed by atoms with E-state index in [9.17, 15) is 0 Å². The van der Waals surface area contributed by atoms with Gasteiger partial charge in [-0.1, -0.05) is 158 Å². The minimum atomic E-state index is -0.596. The zero-order chi connectivity index (χ0) is 52.9. The molecule has 81 heavy (non-hydrogen) atoms. The monoisotopic (exact) mass is 1030 g/mol. The Morgan fingerprint density at radius 1 is 0.272 bits per heavy atom. The lowest BCUT2D eigenvalue weighted by molar-refractivity contribution is 0.619. The van der Waals surface area contributed by atoms with Crippen LogP contribution in [0, 0.1) is 0 Å². The fourth-order valence-corrected chi connectivity index (χ4v) is 13.9. The maximum atomic E-state index is 6.22. The highest BCUT2D eigenvalue weighted by Gasteiger charge is 2.52. The van der Waals surface area contributed by atoms with Crippen LogP contribution in [0.25, 0.3) is 145 Å². The van der Waals surface area contributed by atoms with Crippen molar-refractivity contribution in [3.63, 3.8) is 0 Å². The molecule has 0 N–H and O–H groups in total. The van der Waals surface area contributed by atoms with Gasteiger partial charge in [0.2, 0.25) is 11.8 Å². The van der Waals surface area contributed by atoms with Crippen LogP contribution in [-0.4, -0.2) is 19.1 Å². The number of aromatic nitrogens is 4. The summed E-state index contributed by atoms with van der Waals surface area (Å²) >= 11 is 0. The molecule has 1 spiro atoms. The number of benzene rings is 12. The topological polar surface area (TPSA) is 61.9 Å². The molecule has 2 aliphatic rings. The van der Waals surface area contributed by atoms with Crippen molar-refractivity contribution in [2.45, 2.75) is 5.41 Å². The minimum Gasteiger partial charge on any atom is -0.436 e. The van der Waals surface area contributed by atoms with Crippen LogP contribution in [0.3, 0.4) is 0 Å². The molecular formula is C75H44N4O2. The Labute approximate surface area is 464 Å². The summed E-state index contributed by atoms with van der Waals surface area (Å²) in [6, 6.07) is 97.0. The van der Waals surface area contributed by atoms with Gasteiger partial charge >= 0.3 is 0 Å². The molecule has 6 nitrogen and oxygen atoms in total. The summed E-state index contributed by atoms with van der Waals surface area (Å²) in [7, 11) is 0. The Morgan fingerprint density at radius 2 is 0.667 bits per heavy atom. The van der Waals surface area contributed by atoms with Crippen LogP contribution >= 0.6 is 0 Å². The van der Waals surface area contributed by atoms with Gasteiger partial charge in [0.05, 0.1) is 27.5 Å². The van der Waals surface area contributed by atoms with Gasteiger partial charge in [0, 0.05) is 44.0 Å². The molecule has 4 heterocycles. The van der Waals surface area contributed by atoms with Crippen molar-refractivity contribution in [1.82, 2.24) is 19.1 Å². The third-order valence-corrected chi connectivity index (χ3v) is 17.4. The van der Waals surface area contributed by atoms with E-state index >= 15 is 0 Å². The summed E-state index contributed by atoms with van der Waals surface area (Å²) < 4.78 is 17.4. The second-order valence-corrected chi connectivity index (χ2v) is 21.6. The summed E-state index contributed by atoms with van der Waals surface area (Å²) in [6.45, 7) is 0. The van der Waals surface area contributed by atoms with E-state index < -0.39 is 5.41 Å². The first-order valence-corrected chi connectivity index (χ1v) is 27.6. The van der Waals surface area contributed by atoms with Gasteiger partial charge < -0.3 is 18.0 Å². The highest BCUT2D eigenvalue weighted by atomic mass is 16.4. The molecule has 0 fully saturated rings. The average molecular weight is 1030 g/mol. The smallest absolute Gasteiger partial charge is 0.227 e. The van der Waals surface area contributed by atoms with Crippen molar-refractivity contribution < 1.29 is 8.83 Å². The van der Waals surface area contributed by atoms with E-state index in [0.717, 1.165) is 89.0 Å². The van der Waals surface area contributed by atoms with Crippen LogP contribution in [-0.2, 0) is 5.41 Å². The van der Waals surface area contributed by atoms with Crippen LogP contribution in [0.2, 0.25) is 0 Å². The summed E-state index contributed by atoms with van der Waals surface area (Å²) in [5.41, 5.74) is 26.2. The summed E-state index contributed by atoms with van der Waals surface area (Å²) in [6.07, 6.45) is 0. The molecule has 0 saturated carbocycles. The number of para-hydroxylation sites is 6. The first kappa shape index (κ1) is 44.2. The highest BCUT2D eigenvalue weighted by molar-refractivity contribution is 6.12. The molecule has 16 aromatic rings. The molecule has 18 rings (SSSR count). The third kappa shape index (κ3) is 6.27. The second-order valence-electron chi connectivity index (χ2n) is 21.6. The SMILES string of the molecule is c1cc(-c2ccc3c(c2)c2ccccc2n3-c2ccc3c(c2)C2(c4ccccc4-c4ccccc42)c2cc(-n4c5ccccc5c5cc(-c6cccc(-c7nc8ccccc8o7)c6)ccc54)ccc2-3)cc(-c2nc3ccccc3o2)c1. The van der Waals surface area contributed by atoms with Gasteiger partial charge in [-0.3, -0.25) is 0 Å². The standard InChI is InChI=1S/C75H44N4O2/c1-5-23-61-53(19-1)54-20-2-6-24-62(54)75(61)63-43-51(78-67-27-9-3-21-57(67)59-41-47(31-37-69(59)78)45-15-13-17-49(39-45)73-76-65-25-7-11-29-71(65)80-73)33-35-55(63)56-36-34-52(44-64(56)75)79-68-28-10-4-22-58(68)60-42-48(32-38-70(60)79)46-16-14-18-50(40-46)74-77-66-26-8-12-30-72(66)81-74/h1-44H. The predicted octanol–water partition coefficient (Wildman–Crippen LogP) is 19.2.